The van der Waals surface area contributed by atoms with Gasteiger partial charge in [0.2, 0.25) is 0 Å². The summed E-state index contributed by atoms with van der Waals surface area (Å²) in [7, 11) is 0. The molecule has 2 heteroatoms. The van der Waals surface area contributed by atoms with Crippen LogP contribution in [-0.2, 0) is 19.3 Å². The summed E-state index contributed by atoms with van der Waals surface area (Å²) in [5.74, 6) is 1.04. The minimum Gasteiger partial charge on any atom is -0.492 e. The first-order chi connectivity index (χ1) is 9.88. The molecule has 2 aliphatic rings. The first kappa shape index (κ1) is 12.3. The average Bonchev–Trinajstić information content (AvgIpc) is 3.10. The van der Waals surface area contributed by atoms with Gasteiger partial charge < -0.3 is 4.74 Å². The normalized spacial score (nSPS) is 19.7. The minimum atomic E-state index is 0.556. The molecule has 0 saturated heterocycles. The highest BCUT2D eigenvalue weighted by Crippen LogP contribution is 2.37. The number of rotatable bonds is 3. The van der Waals surface area contributed by atoms with Gasteiger partial charge in [-0.3, -0.25) is 0 Å². The van der Waals surface area contributed by atoms with Crippen molar-refractivity contribution in [2.75, 3.05) is 6.61 Å². The lowest BCUT2D eigenvalue weighted by Crippen LogP contribution is -2.13. The van der Waals surface area contributed by atoms with Gasteiger partial charge in [0.25, 0.3) is 0 Å². The molecule has 2 aromatic rings. The molecule has 0 radical (unpaired) electrons. The molecule has 0 spiro atoms. The Morgan fingerprint density at radius 1 is 1.00 bits per heavy atom. The van der Waals surface area contributed by atoms with Crippen molar-refractivity contribution in [3.8, 4) is 5.75 Å². The fourth-order valence-electron chi connectivity index (χ4n) is 3.17. The zero-order chi connectivity index (χ0) is 13.4. The van der Waals surface area contributed by atoms with Crippen LogP contribution in [0.3, 0.4) is 0 Å². The van der Waals surface area contributed by atoms with Crippen molar-refractivity contribution in [2.45, 2.75) is 35.8 Å². The van der Waals surface area contributed by atoms with E-state index in [1.165, 1.54) is 40.8 Å². The van der Waals surface area contributed by atoms with E-state index in [4.69, 9.17) is 4.74 Å². The molecular weight excluding hydrogens is 264 g/mol. The molecule has 0 amide bonds. The van der Waals surface area contributed by atoms with Crippen molar-refractivity contribution < 1.29 is 4.74 Å². The Morgan fingerprint density at radius 3 is 2.85 bits per heavy atom. The average molecular weight is 282 g/mol. The van der Waals surface area contributed by atoms with E-state index in [0.29, 0.717) is 5.25 Å². The molecule has 1 atom stereocenters. The van der Waals surface area contributed by atoms with Gasteiger partial charge in [0.05, 0.1) is 0 Å². The Labute approximate surface area is 124 Å². The lowest BCUT2D eigenvalue weighted by Gasteiger charge is -2.12. The summed E-state index contributed by atoms with van der Waals surface area (Å²) in [6.45, 7) is 0.804. The van der Waals surface area contributed by atoms with E-state index in [1.54, 1.807) is 0 Å². The molecule has 102 valence electrons. The Balaban J connectivity index is 1.40. The standard InChI is InChI=1S/C18H18OS/c1-2-7-18-15(4-1)11-17(20-18)12-19-16-9-8-13-5-3-6-14(13)10-16/h1-2,4,7-10,17H,3,5-6,11-12H2. The SMILES string of the molecule is c1ccc2c(c1)CC(COc1ccc3c(c1)CCC3)S2. The van der Waals surface area contributed by atoms with Crippen molar-refractivity contribution in [1.82, 2.24) is 0 Å². The van der Waals surface area contributed by atoms with E-state index in [1.807, 2.05) is 11.8 Å². The predicted molar refractivity (Wildman–Crippen MR) is 83.8 cm³/mol. The second kappa shape index (κ2) is 5.17. The molecular formula is C18H18OS. The van der Waals surface area contributed by atoms with Crippen LogP contribution in [0.2, 0.25) is 0 Å². The van der Waals surface area contributed by atoms with Crippen molar-refractivity contribution in [1.29, 1.82) is 0 Å². The van der Waals surface area contributed by atoms with Crippen LogP contribution in [0.4, 0.5) is 0 Å². The third-order valence-corrected chi connectivity index (χ3v) is 5.51. The van der Waals surface area contributed by atoms with Crippen LogP contribution in [-0.4, -0.2) is 11.9 Å². The highest BCUT2D eigenvalue weighted by Gasteiger charge is 2.22. The molecule has 1 aliphatic heterocycles. The van der Waals surface area contributed by atoms with E-state index >= 15 is 0 Å². The van der Waals surface area contributed by atoms with Gasteiger partial charge in [0.1, 0.15) is 12.4 Å². The maximum absolute atomic E-state index is 6.03. The number of hydrogen-bond donors (Lipinski definition) is 0. The maximum atomic E-state index is 6.03. The van der Waals surface area contributed by atoms with E-state index in [9.17, 15) is 0 Å². The topological polar surface area (TPSA) is 9.23 Å². The molecule has 1 heterocycles. The summed E-state index contributed by atoms with van der Waals surface area (Å²) < 4.78 is 6.03. The number of fused-ring (bicyclic) bond motifs is 2. The predicted octanol–water partition coefficient (Wildman–Crippen LogP) is 4.27. The van der Waals surface area contributed by atoms with Gasteiger partial charge in [-0.1, -0.05) is 24.3 Å². The fourth-order valence-corrected chi connectivity index (χ4v) is 4.39. The number of thioether (sulfide) groups is 1. The Morgan fingerprint density at radius 2 is 1.90 bits per heavy atom. The van der Waals surface area contributed by atoms with Crippen LogP contribution in [0.5, 0.6) is 5.75 Å². The van der Waals surface area contributed by atoms with Crippen LogP contribution >= 0.6 is 11.8 Å². The summed E-state index contributed by atoms with van der Waals surface area (Å²) in [5, 5.41) is 0.556. The second-order valence-electron chi connectivity index (χ2n) is 5.65. The summed E-state index contributed by atoms with van der Waals surface area (Å²) in [5.41, 5.74) is 4.48. The van der Waals surface area contributed by atoms with Gasteiger partial charge >= 0.3 is 0 Å². The molecule has 0 aromatic heterocycles. The van der Waals surface area contributed by atoms with Crippen molar-refractivity contribution >= 4 is 11.8 Å². The highest BCUT2D eigenvalue weighted by atomic mass is 32.2. The highest BCUT2D eigenvalue weighted by molar-refractivity contribution is 8.00. The first-order valence-corrected chi connectivity index (χ1v) is 8.25. The molecule has 1 unspecified atom stereocenters. The van der Waals surface area contributed by atoms with Crippen molar-refractivity contribution in [3.05, 3.63) is 59.2 Å². The summed E-state index contributed by atoms with van der Waals surface area (Å²) in [4.78, 5) is 1.43. The molecule has 0 N–H and O–H groups in total. The molecule has 0 bridgehead atoms. The minimum absolute atomic E-state index is 0.556. The zero-order valence-electron chi connectivity index (χ0n) is 11.5. The number of hydrogen-bond acceptors (Lipinski definition) is 2. The smallest absolute Gasteiger partial charge is 0.119 e. The van der Waals surface area contributed by atoms with Gasteiger partial charge in [-0.15, -0.1) is 11.8 Å². The lowest BCUT2D eigenvalue weighted by atomic mass is 10.1. The third-order valence-electron chi connectivity index (χ3n) is 4.22. The molecule has 1 aliphatic carbocycles. The molecule has 2 aromatic carbocycles. The van der Waals surface area contributed by atoms with Gasteiger partial charge in [-0.05, 0) is 60.6 Å². The van der Waals surface area contributed by atoms with E-state index in [2.05, 4.69) is 42.5 Å². The molecule has 1 nitrogen and oxygen atoms in total. The molecule has 0 fully saturated rings. The van der Waals surface area contributed by atoms with Crippen LogP contribution < -0.4 is 4.74 Å². The largest absolute Gasteiger partial charge is 0.492 e. The van der Waals surface area contributed by atoms with E-state index in [0.717, 1.165) is 18.8 Å². The summed E-state index contributed by atoms with van der Waals surface area (Å²) >= 11 is 1.96. The van der Waals surface area contributed by atoms with E-state index in [-0.39, 0.29) is 0 Å². The van der Waals surface area contributed by atoms with E-state index < -0.39 is 0 Å². The molecule has 20 heavy (non-hydrogen) atoms. The lowest BCUT2D eigenvalue weighted by molar-refractivity contribution is 0.317. The van der Waals surface area contributed by atoms with Crippen molar-refractivity contribution in [2.24, 2.45) is 0 Å². The van der Waals surface area contributed by atoms with Crippen LogP contribution in [0.1, 0.15) is 23.1 Å². The van der Waals surface area contributed by atoms with Gasteiger partial charge in [-0.2, -0.15) is 0 Å². The number of benzene rings is 2. The van der Waals surface area contributed by atoms with Gasteiger partial charge in [0.15, 0.2) is 0 Å². The molecule has 4 rings (SSSR count). The number of ether oxygens (including phenoxy) is 1. The quantitative estimate of drug-likeness (QED) is 0.831. The summed E-state index contributed by atoms with van der Waals surface area (Å²) in [6, 6.07) is 15.3. The fraction of sp³-hybridized carbons (Fsp3) is 0.333. The monoisotopic (exact) mass is 282 g/mol. The van der Waals surface area contributed by atoms with Crippen molar-refractivity contribution in [3.63, 3.8) is 0 Å². The number of aryl methyl sites for hydroxylation is 2. The van der Waals surface area contributed by atoms with Gasteiger partial charge in [-0.25, -0.2) is 0 Å². The second-order valence-corrected chi connectivity index (χ2v) is 6.99. The summed E-state index contributed by atoms with van der Waals surface area (Å²) in [6.07, 6.45) is 4.89. The first-order valence-electron chi connectivity index (χ1n) is 7.38. The Hall–Kier alpha value is -1.41. The molecule has 0 saturated carbocycles. The zero-order valence-corrected chi connectivity index (χ0v) is 12.3. The maximum Gasteiger partial charge on any atom is 0.119 e. The van der Waals surface area contributed by atoms with Crippen LogP contribution in [0.15, 0.2) is 47.4 Å². The van der Waals surface area contributed by atoms with Crippen LogP contribution in [0.25, 0.3) is 0 Å². The Bertz CT molecular complexity index is 610. The van der Waals surface area contributed by atoms with Gasteiger partial charge in [0, 0.05) is 10.1 Å². The Kier molecular flexibility index (Phi) is 3.19. The third kappa shape index (κ3) is 2.33. The van der Waals surface area contributed by atoms with Crippen LogP contribution in [0, 0.1) is 0 Å².